The number of benzene rings is 1. The molecule has 1 aromatic heterocycles. The van der Waals surface area contributed by atoms with Crippen molar-refractivity contribution in [3.8, 4) is 0 Å². The van der Waals surface area contributed by atoms with Crippen molar-refractivity contribution in [3.63, 3.8) is 0 Å². The maximum absolute atomic E-state index is 12.6. The summed E-state index contributed by atoms with van der Waals surface area (Å²) in [6, 6.07) is 7.83. The Morgan fingerprint density at radius 2 is 1.81 bits per heavy atom. The van der Waals surface area contributed by atoms with Crippen LogP contribution in [0.1, 0.15) is 50.7 Å². The van der Waals surface area contributed by atoms with Gasteiger partial charge in [-0.1, -0.05) is 50.6 Å². The molecule has 4 heteroatoms. The normalized spacial score (nSPS) is 12.7. The predicted molar refractivity (Wildman–Crippen MR) is 92.5 cm³/mol. The molecular weight excluding hydrogens is 302 g/mol. The van der Waals surface area contributed by atoms with E-state index in [1.807, 2.05) is 24.3 Å². The first-order chi connectivity index (χ1) is 9.59. The molecule has 0 aliphatic rings. The number of amides is 1. The van der Waals surface area contributed by atoms with Crippen LogP contribution in [0, 0.1) is 5.41 Å². The number of halogens is 1. The lowest BCUT2D eigenvalue weighted by Crippen LogP contribution is -2.45. The number of carbonyl (C=O) groups excluding carboxylic acids is 1. The molecule has 114 valence electrons. The van der Waals surface area contributed by atoms with Gasteiger partial charge in [0.25, 0.3) is 5.91 Å². The summed E-state index contributed by atoms with van der Waals surface area (Å²) in [5, 5.41) is 4.62. The van der Waals surface area contributed by atoms with Gasteiger partial charge in [-0.3, -0.25) is 4.79 Å². The Morgan fingerprint density at radius 3 is 2.38 bits per heavy atom. The summed E-state index contributed by atoms with van der Waals surface area (Å²) < 4.78 is 1.04. The fraction of sp³-hybridized carbons (Fsp3) is 0.471. The summed E-state index contributed by atoms with van der Waals surface area (Å²) in [7, 11) is 0. The van der Waals surface area contributed by atoms with Crippen molar-refractivity contribution in [1.29, 1.82) is 0 Å². The van der Waals surface area contributed by atoms with Gasteiger partial charge in [0, 0.05) is 15.6 Å². The first-order valence-corrected chi connectivity index (χ1v) is 8.28. The van der Waals surface area contributed by atoms with E-state index in [1.165, 1.54) is 11.3 Å². The predicted octanol–water partition coefficient (Wildman–Crippen LogP) is 5.50. The van der Waals surface area contributed by atoms with Crippen LogP contribution in [0.3, 0.4) is 0 Å². The third kappa shape index (κ3) is 3.98. The summed E-state index contributed by atoms with van der Waals surface area (Å²) in [5.74, 6) is -0.0875. The highest BCUT2D eigenvalue weighted by Crippen LogP contribution is 2.35. The van der Waals surface area contributed by atoms with Gasteiger partial charge in [-0.05, 0) is 31.7 Å². The second kappa shape index (κ2) is 5.62. The summed E-state index contributed by atoms with van der Waals surface area (Å²) in [5.41, 5.74) is -0.116. The monoisotopic (exact) mass is 323 g/mol. The Bertz CT molecular complexity index is 667. The molecule has 0 aliphatic carbocycles. The second-order valence-corrected chi connectivity index (χ2v) is 8.75. The number of rotatable bonds is 3. The van der Waals surface area contributed by atoms with Crippen molar-refractivity contribution in [1.82, 2.24) is 5.32 Å². The molecule has 0 saturated carbocycles. The third-order valence-electron chi connectivity index (χ3n) is 3.17. The molecule has 1 heterocycles. The maximum Gasteiger partial charge on any atom is 0.263 e. The molecule has 0 bridgehead atoms. The van der Waals surface area contributed by atoms with E-state index in [9.17, 15) is 4.79 Å². The van der Waals surface area contributed by atoms with Crippen molar-refractivity contribution < 1.29 is 4.79 Å². The van der Waals surface area contributed by atoms with Gasteiger partial charge in [-0.2, -0.15) is 0 Å². The second-order valence-electron chi connectivity index (χ2n) is 7.32. The topological polar surface area (TPSA) is 29.1 Å². The van der Waals surface area contributed by atoms with Crippen LogP contribution in [0.4, 0.5) is 0 Å². The standard InChI is InChI=1S/C17H22ClNOS/c1-16(2,3)10-17(4,5)19-15(20)14-13(18)11-8-6-7-9-12(11)21-14/h6-9H,10H2,1-5H3,(H,19,20). The molecule has 0 unspecified atom stereocenters. The quantitative estimate of drug-likeness (QED) is 0.794. The van der Waals surface area contributed by atoms with Crippen LogP contribution < -0.4 is 5.32 Å². The van der Waals surface area contributed by atoms with Gasteiger partial charge in [0.2, 0.25) is 0 Å². The van der Waals surface area contributed by atoms with Crippen LogP contribution in [-0.2, 0) is 0 Å². The van der Waals surface area contributed by atoms with E-state index in [-0.39, 0.29) is 16.9 Å². The number of carbonyl (C=O) groups is 1. The average molecular weight is 324 g/mol. The van der Waals surface area contributed by atoms with Crippen LogP contribution in [0.5, 0.6) is 0 Å². The molecule has 1 N–H and O–H groups in total. The number of hydrogen-bond acceptors (Lipinski definition) is 2. The maximum atomic E-state index is 12.6. The van der Waals surface area contributed by atoms with Gasteiger partial charge in [-0.15, -0.1) is 11.3 Å². The number of hydrogen-bond donors (Lipinski definition) is 1. The molecule has 1 amide bonds. The van der Waals surface area contributed by atoms with Gasteiger partial charge in [0.1, 0.15) is 4.88 Å². The Kier molecular flexibility index (Phi) is 4.36. The Labute approximate surface area is 135 Å². The molecule has 2 aromatic rings. The van der Waals surface area contributed by atoms with Crippen molar-refractivity contribution >= 4 is 38.9 Å². The molecule has 0 radical (unpaired) electrons. The summed E-state index contributed by atoms with van der Waals surface area (Å²) in [6.07, 6.45) is 0.897. The van der Waals surface area contributed by atoms with Crippen LogP contribution in [0.2, 0.25) is 5.02 Å². The minimum absolute atomic E-state index is 0.0875. The van der Waals surface area contributed by atoms with Crippen LogP contribution in [0.25, 0.3) is 10.1 Å². The van der Waals surface area contributed by atoms with Gasteiger partial charge in [0.15, 0.2) is 0 Å². The molecule has 2 rings (SSSR count). The number of fused-ring (bicyclic) bond motifs is 1. The van der Waals surface area contributed by atoms with Gasteiger partial charge in [0.05, 0.1) is 5.02 Å². The smallest absolute Gasteiger partial charge is 0.263 e. The van der Waals surface area contributed by atoms with Crippen molar-refractivity contribution in [2.45, 2.75) is 46.6 Å². The van der Waals surface area contributed by atoms with E-state index >= 15 is 0 Å². The molecule has 0 atom stereocenters. The SMILES string of the molecule is CC(C)(C)CC(C)(C)NC(=O)c1sc2ccccc2c1Cl. The highest BCUT2D eigenvalue weighted by molar-refractivity contribution is 7.21. The molecular formula is C17H22ClNOS. The first kappa shape index (κ1) is 16.3. The lowest BCUT2D eigenvalue weighted by atomic mass is 9.82. The fourth-order valence-electron chi connectivity index (χ4n) is 2.89. The van der Waals surface area contributed by atoms with Crippen LogP contribution >= 0.6 is 22.9 Å². The Morgan fingerprint density at radius 1 is 1.19 bits per heavy atom. The molecule has 2 nitrogen and oxygen atoms in total. The zero-order valence-electron chi connectivity index (χ0n) is 13.2. The van der Waals surface area contributed by atoms with Crippen LogP contribution in [0.15, 0.2) is 24.3 Å². The Balaban J connectivity index is 2.25. The van der Waals surface area contributed by atoms with E-state index < -0.39 is 0 Å². The van der Waals surface area contributed by atoms with Gasteiger partial charge >= 0.3 is 0 Å². The van der Waals surface area contributed by atoms with E-state index in [4.69, 9.17) is 11.6 Å². The molecule has 21 heavy (non-hydrogen) atoms. The highest BCUT2D eigenvalue weighted by atomic mass is 35.5. The summed E-state index contributed by atoms with van der Waals surface area (Å²) in [6.45, 7) is 10.6. The minimum Gasteiger partial charge on any atom is -0.346 e. The minimum atomic E-state index is -0.269. The highest BCUT2D eigenvalue weighted by Gasteiger charge is 2.28. The summed E-state index contributed by atoms with van der Waals surface area (Å²) in [4.78, 5) is 13.1. The third-order valence-corrected chi connectivity index (χ3v) is 4.84. The fourth-order valence-corrected chi connectivity index (χ4v) is 4.31. The lowest BCUT2D eigenvalue weighted by Gasteiger charge is -2.33. The summed E-state index contributed by atoms with van der Waals surface area (Å²) >= 11 is 7.81. The van der Waals surface area contributed by atoms with Crippen molar-refractivity contribution in [2.75, 3.05) is 0 Å². The van der Waals surface area contributed by atoms with E-state index in [0.29, 0.717) is 9.90 Å². The van der Waals surface area contributed by atoms with Crippen molar-refractivity contribution in [3.05, 3.63) is 34.2 Å². The largest absolute Gasteiger partial charge is 0.346 e. The molecule has 1 aromatic carbocycles. The molecule has 0 saturated heterocycles. The number of nitrogens with one attached hydrogen (secondary N) is 1. The zero-order chi connectivity index (χ0) is 15.8. The average Bonchev–Trinajstić information content (AvgIpc) is 2.64. The van der Waals surface area contributed by atoms with Crippen molar-refractivity contribution in [2.24, 2.45) is 5.41 Å². The van der Waals surface area contributed by atoms with E-state index in [1.54, 1.807) is 0 Å². The molecule has 0 aliphatic heterocycles. The van der Waals surface area contributed by atoms with Gasteiger partial charge in [-0.25, -0.2) is 0 Å². The lowest BCUT2D eigenvalue weighted by molar-refractivity contribution is 0.0896. The van der Waals surface area contributed by atoms with Crippen LogP contribution in [-0.4, -0.2) is 11.4 Å². The molecule has 0 spiro atoms. The number of thiophene rings is 1. The Hall–Kier alpha value is -1.06. The molecule has 0 fully saturated rings. The first-order valence-electron chi connectivity index (χ1n) is 7.09. The van der Waals surface area contributed by atoms with E-state index in [0.717, 1.165) is 16.5 Å². The zero-order valence-corrected chi connectivity index (χ0v) is 14.8. The van der Waals surface area contributed by atoms with E-state index in [2.05, 4.69) is 39.9 Å². The van der Waals surface area contributed by atoms with Gasteiger partial charge < -0.3 is 5.32 Å².